The molecule has 3 unspecified atom stereocenters. The molecule has 170 valence electrons. The molecule has 4 aromatic carbocycles. The SMILES string of the molecule is CC1CCC(C(C)C)C(OC(=O)OCC(=O)c2ccc3ccc4cccc5ccc2c3c45)C1. The monoisotopic (exact) mass is 442 g/mol. The maximum atomic E-state index is 13.1. The van der Waals surface area contributed by atoms with Gasteiger partial charge in [-0.2, -0.15) is 0 Å². The fourth-order valence-electron chi connectivity index (χ4n) is 5.59. The number of ether oxygens (including phenoxy) is 2. The lowest BCUT2D eigenvalue weighted by Gasteiger charge is -2.36. The molecule has 4 heteroatoms. The summed E-state index contributed by atoms with van der Waals surface area (Å²) in [6, 6.07) is 18.3. The molecule has 1 fully saturated rings. The van der Waals surface area contributed by atoms with E-state index in [0.29, 0.717) is 23.3 Å². The summed E-state index contributed by atoms with van der Waals surface area (Å²) in [5.74, 6) is 1.08. The maximum absolute atomic E-state index is 13.1. The van der Waals surface area contributed by atoms with Crippen molar-refractivity contribution in [3.63, 3.8) is 0 Å². The topological polar surface area (TPSA) is 52.6 Å². The van der Waals surface area contributed by atoms with Crippen LogP contribution in [0.15, 0.2) is 54.6 Å². The van der Waals surface area contributed by atoms with Gasteiger partial charge in [0.2, 0.25) is 5.78 Å². The lowest BCUT2D eigenvalue weighted by Crippen LogP contribution is -2.36. The Morgan fingerprint density at radius 2 is 1.58 bits per heavy atom. The van der Waals surface area contributed by atoms with Gasteiger partial charge in [0.15, 0.2) is 6.61 Å². The third-order valence-electron chi connectivity index (χ3n) is 7.36. The number of hydrogen-bond donors (Lipinski definition) is 0. The Kier molecular flexibility index (Phi) is 5.69. The van der Waals surface area contributed by atoms with E-state index in [4.69, 9.17) is 9.47 Å². The van der Waals surface area contributed by atoms with E-state index in [1.807, 2.05) is 30.3 Å². The summed E-state index contributed by atoms with van der Waals surface area (Å²) in [7, 11) is 0. The van der Waals surface area contributed by atoms with E-state index >= 15 is 0 Å². The molecule has 0 saturated heterocycles. The molecule has 4 aromatic rings. The second kappa shape index (κ2) is 8.66. The van der Waals surface area contributed by atoms with Gasteiger partial charge in [-0.05, 0) is 62.9 Å². The first kappa shape index (κ1) is 21.7. The third kappa shape index (κ3) is 4.03. The van der Waals surface area contributed by atoms with Gasteiger partial charge in [-0.1, -0.05) is 81.8 Å². The molecule has 0 radical (unpaired) electrons. The molecule has 33 heavy (non-hydrogen) atoms. The van der Waals surface area contributed by atoms with Gasteiger partial charge in [-0.25, -0.2) is 4.79 Å². The van der Waals surface area contributed by atoms with Crippen molar-refractivity contribution in [1.82, 2.24) is 0 Å². The second-order valence-electron chi connectivity index (χ2n) is 9.91. The highest BCUT2D eigenvalue weighted by molar-refractivity contribution is 6.26. The number of rotatable bonds is 5. The normalized spacial score (nSPS) is 21.2. The zero-order valence-electron chi connectivity index (χ0n) is 19.5. The van der Waals surface area contributed by atoms with Gasteiger partial charge in [0.05, 0.1) is 0 Å². The van der Waals surface area contributed by atoms with Crippen LogP contribution in [0.25, 0.3) is 32.3 Å². The van der Waals surface area contributed by atoms with E-state index in [2.05, 4.69) is 45.0 Å². The predicted molar refractivity (Wildman–Crippen MR) is 132 cm³/mol. The van der Waals surface area contributed by atoms with Crippen LogP contribution in [0.4, 0.5) is 4.79 Å². The van der Waals surface area contributed by atoms with Crippen LogP contribution in [0.3, 0.4) is 0 Å². The Balaban J connectivity index is 1.35. The fraction of sp³-hybridized carbons (Fsp3) is 0.379. The summed E-state index contributed by atoms with van der Waals surface area (Å²) in [6.07, 6.45) is 2.17. The molecular formula is C29H30O4. The quantitative estimate of drug-likeness (QED) is 0.184. The minimum Gasteiger partial charge on any atom is -0.431 e. The molecule has 4 nitrogen and oxygen atoms in total. The number of carbonyl (C=O) groups excluding carboxylic acids is 2. The highest BCUT2D eigenvalue weighted by Crippen LogP contribution is 2.37. The number of carbonyl (C=O) groups is 2. The van der Waals surface area contributed by atoms with Crippen LogP contribution in [0, 0.1) is 17.8 Å². The van der Waals surface area contributed by atoms with Crippen LogP contribution in [0.2, 0.25) is 0 Å². The largest absolute Gasteiger partial charge is 0.509 e. The first-order chi connectivity index (χ1) is 15.9. The average molecular weight is 443 g/mol. The van der Waals surface area contributed by atoms with Crippen molar-refractivity contribution in [3.05, 3.63) is 60.2 Å². The highest BCUT2D eigenvalue weighted by Gasteiger charge is 2.34. The molecule has 0 bridgehead atoms. The maximum Gasteiger partial charge on any atom is 0.509 e. The minimum absolute atomic E-state index is 0.147. The summed E-state index contributed by atoms with van der Waals surface area (Å²) >= 11 is 0. The van der Waals surface area contributed by atoms with Crippen molar-refractivity contribution >= 4 is 44.3 Å². The van der Waals surface area contributed by atoms with Crippen LogP contribution >= 0.6 is 0 Å². The van der Waals surface area contributed by atoms with Crippen molar-refractivity contribution in [2.75, 3.05) is 6.61 Å². The average Bonchev–Trinajstić information content (AvgIpc) is 2.80. The molecule has 0 N–H and O–H groups in total. The lowest BCUT2D eigenvalue weighted by atomic mass is 9.75. The van der Waals surface area contributed by atoms with Crippen molar-refractivity contribution in [1.29, 1.82) is 0 Å². The smallest absolute Gasteiger partial charge is 0.431 e. The van der Waals surface area contributed by atoms with Crippen LogP contribution in [0.5, 0.6) is 0 Å². The van der Waals surface area contributed by atoms with Gasteiger partial charge < -0.3 is 9.47 Å². The standard InChI is InChI=1S/C29H30O4/c1-17(2)22-12-7-18(3)15-26(22)33-29(31)32-16-25(30)23-13-10-21-9-8-19-5-4-6-20-11-14-24(23)28(21)27(19)20/h4-6,8-11,13-14,17-18,22,26H,7,12,15-16H2,1-3H3. The van der Waals surface area contributed by atoms with Gasteiger partial charge in [0.25, 0.3) is 0 Å². The number of benzene rings is 4. The number of Topliss-reactive ketones (excluding diaryl/α,β-unsaturated/α-hetero) is 1. The molecule has 5 rings (SSSR count). The lowest BCUT2D eigenvalue weighted by molar-refractivity contribution is -0.0300. The van der Waals surface area contributed by atoms with E-state index in [1.54, 1.807) is 0 Å². The molecule has 0 heterocycles. The molecular weight excluding hydrogens is 412 g/mol. The van der Waals surface area contributed by atoms with Gasteiger partial charge in [-0.3, -0.25) is 4.79 Å². The van der Waals surface area contributed by atoms with Crippen LogP contribution < -0.4 is 0 Å². The molecule has 0 spiro atoms. The van der Waals surface area contributed by atoms with Gasteiger partial charge in [0, 0.05) is 5.56 Å². The predicted octanol–water partition coefficient (Wildman–Crippen LogP) is 7.38. The van der Waals surface area contributed by atoms with Crippen LogP contribution in [0.1, 0.15) is 50.4 Å². The van der Waals surface area contributed by atoms with Crippen molar-refractivity contribution < 1.29 is 19.1 Å². The van der Waals surface area contributed by atoms with Crippen LogP contribution in [-0.2, 0) is 9.47 Å². The van der Waals surface area contributed by atoms with Gasteiger partial charge in [0.1, 0.15) is 6.10 Å². The summed E-state index contributed by atoms with van der Waals surface area (Å²) in [6.45, 7) is 6.20. The minimum atomic E-state index is -0.745. The first-order valence-corrected chi connectivity index (χ1v) is 12.0. The van der Waals surface area contributed by atoms with Crippen molar-refractivity contribution in [2.45, 2.75) is 46.1 Å². The highest BCUT2D eigenvalue weighted by atomic mass is 16.7. The van der Waals surface area contributed by atoms with Crippen molar-refractivity contribution in [3.8, 4) is 0 Å². The molecule has 1 aliphatic rings. The zero-order chi connectivity index (χ0) is 23.1. The van der Waals surface area contributed by atoms with E-state index < -0.39 is 6.16 Å². The van der Waals surface area contributed by atoms with Gasteiger partial charge >= 0.3 is 6.16 Å². The molecule has 1 aliphatic carbocycles. The molecule has 0 amide bonds. The third-order valence-corrected chi connectivity index (χ3v) is 7.36. The Morgan fingerprint density at radius 1 is 0.909 bits per heavy atom. The Morgan fingerprint density at radius 3 is 2.30 bits per heavy atom. The first-order valence-electron chi connectivity index (χ1n) is 12.0. The second-order valence-corrected chi connectivity index (χ2v) is 9.91. The van der Waals surface area contributed by atoms with Crippen molar-refractivity contribution in [2.24, 2.45) is 17.8 Å². The van der Waals surface area contributed by atoms with E-state index in [-0.39, 0.29) is 18.5 Å². The van der Waals surface area contributed by atoms with E-state index in [9.17, 15) is 9.59 Å². The van der Waals surface area contributed by atoms with E-state index in [1.165, 1.54) is 0 Å². The zero-order valence-corrected chi connectivity index (χ0v) is 19.5. The Hall–Kier alpha value is -3.14. The van der Waals surface area contributed by atoms with Crippen LogP contribution in [-0.4, -0.2) is 24.6 Å². The molecule has 3 atom stereocenters. The number of ketones is 1. The number of hydrogen-bond acceptors (Lipinski definition) is 4. The summed E-state index contributed by atoms with van der Waals surface area (Å²) < 4.78 is 11.0. The molecule has 1 saturated carbocycles. The Bertz CT molecular complexity index is 1310. The van der Waals surface area contributed by atoms with Gasteiger partial charge in [-0.15, -0.1) is 0 Å². The molecule has 0 aliphatic heterocycles. The summed E-state index contributed by atoms with van der Waals surface area (Å²) in [5, 5.41) is 6.52. The molecule has 0 aromatic heterocycles. The van der Waals surface area contributed by atoms with E-state index in [0.717, 1.165) is 51.6 Å². The Labute approximate surface area is 194 Å². The summed E-state index contributed by atoms with van der Waals surface area (Å²) in [4.78, 5) is 25.5. The summed E-state index contributed by atoms with van der Waals surface area (Å²) in [5.41, 5.74) is 0.569. The fourth-order valence-corrected chi connectivity index (χ4v) is 5.59.